The number of benzene rings is 2. The zero-order chi connectivity index (χ0) is 15.0. The third kappa shape index (κ3) is 2.23. The summed E-state index contributed by atoms with van der Waals surface area (Å²) in [6, 6.07) is 4.17. The lowest BCUT2D eigenvalue weighted by atomic mass is 9.90. The summed E-state index contributed by atoms with van der Waals surface area (Å²) in [7, 11) is 0. The Bertz CT molecular complexity index is 561. The number of hydrogen-bond donors (Lipinski definition) is 6. The lowest BCUT2D eigenvalue weighted by molar-refractivity contribution is 0.405. The number of aromatic hydroxyl groups is 6. The molecule has 0 amide bonds. The zero-order valence-corrected chi connectivity index (χ0v) is 10.6. The van der Waals surface area contributed by atoms with E-state index in [1.165, 1.54) is 6.92 Å². The number of hydrogen-bond acceptors (Lipinski definition) is 6. The van der Waals surface area contributed by atoms with Crippen LogP contribution in [0, 0.1) is 0 Å². The summed E-state index contributed by atoms with van der Waals surface area (Å²) in [4.78, 5) is 0. The zero-order valence-electron chi connectivity index (χ0n) is 10.6. The average molecular weight is 278 g/mol. The minimum absolute atomic E-state index is 0.0408. The van der Waals surface area contributed by atoms with Gasteiger partial charge in [-0.2, -0.15) is 0 Å². The molecule has 6 heteroatoms. The molecule has 0 saturated heterocycles. The van der Waals surface area contributed by atoms with Crippen LogP contribution in [0.4, 0.5) is 0 Å². The Balaban J connectivity index is 2.61. The minimum atomic E-state index is -0.767. The Morgan fingerprint density at radius 3 is 1.10 bits per heavy atom. The molecule has 6 N–H and O–H groups in total. The lowest BCUT2D eigenvalue weighted by Gasteiger charge is -2.18. The van der Waals surface area contributed by atoms with Crippen LogP contribution in [0.3, 0.4) is 0 Å². The van der Waals surface area contributed by atoms with E-state index < -0.39 is 5.92 Å². The van der Waals surface area contributed by atoms with Gasteiger partial charge in [-0.05, 0) is 0 Å². The molecule has 0 aliphatic rings. The normalized spacial score (nSPS) is 10.9. The van der Waals surface area contributed by atoms with Crippen LogP contribution in [0.2, 0.25) is 0 Å². The first-order chi connectivity index (χ1) is 9.31. The van der Waals surface area contributed by atoms with E-state index in [1.807, 2.05) is 0 Å². The monoisotopic (exact) mass is 278 g/mol. The molecule has 2 aromatic rings. The summed E-state index contributed by atoms with van der Waals surface area (Å²) in [5.41, 5.74) is 0.0816. The van der Waals surface area contributed by atoms with E-state index in [2.05, 4.69) is 0 Å². The molecule has 0 heterocycles. The molecular weight excluding hydrogens is 264 g/mol. The van der Waals surface area contributed by atoms with Gasteiger partial charge in [0.15, 0.2) is 0 Å². The highest BCUT2D eigenvalue weighted by atomic mass is 16.3. The third-order valence-electron chi connectivity index (χ3n) is 3.11. The van der Waals surface area contributed by atoms with E-state index in [-0.39, 0.29) is 45.6 Å². The van der Waals surface area contributed by atoms with Crippen LogP contribution < -0.4 is 0 Å². The van der Waals surface area contributed by atoms with Crippen molar-refractivity contribution in [1.29, 1.82) is 0 Å². The van der Waals surface area contributed by atoms with Crippen LogP contribution in [0.1, 0.15) is 24.0 Å². The molecule has 20 heavy (non-hydrogen) atoms. The Labute approximate surface area is 114 Å². The first kappa shape index (κ1) is 13.7. The topological polar surface area (TPSA) is 121 Å². The highest BCUT2D eigenvalue weighted by molar-refractivity contribution is 5.59. The number of phenols is 6. The molecule has 0 aliphatic carbocycles. The van der Waals surface area contributed by atoms with Gasteiger partial charge in [-0.3, -0.25) is 0 Å². The third-order valence-corrected chi connectivity index (χ3v) is 3.11. The van der Waals surface area contributed by atoms with Gasteiger partial charge >= 0.3 is 0 Å². The molecule has 0 bridgehead atoms. The summed E-state index contributed by atoms with van der Waals surface area (Å²) in [6.45, 7) is 1.54. The van der Waals surface area contributed by atoms with Crippen molar-refractivity contribution in [3.63, 3.8) is 0 Å². The second-order valence-corrected chi connectivity index (χ2v) is 4.52. The Morgan fingerprint density at radius 2 is 0.850 bits per heavy atom. The maximum absolute atomic E-state index is 9.81. The largest absolute Gasteiger partial charge is 0.508 e. The van der Waals surface area contributed by atoms with E-state index in [0.29, 0.717) is 0 Å². The summed E-state index contributed by atoms with van der Waals surface area (Å²) in [6.07, 6.45) is 0. The maximum atomic E-state index is 9.81. The van der Waals surface area contributed by atoms with Gasteiger partial charge in [0.2, 0.25) is 0 Å². The molecule has 6 nitrogen and oxygen atoms in total. The van der Waals surface area contributed by atoms with Gasteiger partial charge in [0.05, 0.1) is 0 Å². The van der Waals surface area contributed by atoms with Gasteiger partial charge in [0.25, 0.3) is 0 Å². The van der Waals surface area contributed by atoms with Crippen LogP contribution in [-0.4, -0.2) is 30.6 Å². The van der Waals surface area contributed by atoms with Crippen LogP contribution in [-0.2, 0) is 0 Å². The van der Waals surface area contributed by atoms with Crippen molar-refractivity contribution in [2.45, 2.75) is 12.8 Å². The van der Waals surface area contributed by atoms with Crippen LogP contribution in [0.5, 0.6) is 34.5 Å². The van der Waals surface area contributed by atoms with Crippen molar-refractivity contribution in [2.75, 3.05) is 0 Å². The molecule has 0 atom stereocenters. The van der Waals surface area contributed by atoms with Gasteiger partial charge in [-0.1, -0.05) is 6.92 Å². The average Bonchev–Trinajstić information content (AvgIpc) is 2.25. The minimum Gasteiger partial charge on any atom is -0.508 e. The fourth-order valence-corrected chi connectivity index (χ4v) is 2.25. The highest BCUT2D eigenvalue weighted by Crippen LogP contribution is 2.46. The smallest absolute Gasteiger partial charge is 0.126 e. The summed E-state index contributed by atoms with van der Waals surface area (Å²) >= 11 is 0. The molecule has 0 saturated carbocycles. The van der Waals surface area contributed by atoms with Crippen molar-refractivity contribution in [2.24, 2.45) is 0 Å². The number of rotatable bonds is 2. The standard InChI is InChI=1S/C14H14O6/c1-6(13-9(17)2-7(15)3-10(13)18)14-11(19)4-8(16)5-12(14)20/h2-6,15-20H,1H3. The van der Waals surface area contributed by atoms with Gasteiger partial charge in [-0.15, -0.1) is 0 Å². The Morgan fingerprint density at radius 1 is 0.600 bits per heavy atom. The van der Waals surface area contributed by atoms with Crippen LogP contribution in [0.25, 0.3) is 0 Å². The van der Waals surface area contributed by atoms with Gasteiger partial charge < -0.3 is 30.6 Å². The van der Waals surface area contributed by atoms with Crippen LogP contribution in [0.15, 0.2) is 24.3 Å². The summed E-state index contributed by atoms with van der Waals surface area (Å²) in [5, 5.41) is 57.8. The molecule has 0 radical (unpaired) electrons. The highest BCUT2D eigenvalue weighted by Gasteiger charge is 2.24. The second kappa shape index (κ2) is 4.73. The van der Waals surface area contributed by atoms with Gasteiger partial charge in [-0.25, -0.2) is 0 Å². The van der Waals surface area contributed by atoms with Gasteiger partial charge in [0.1, 0.15) is 34.5 Å². The van der Waals surface area contributed by atoms with Crippen LogP contribution >= 0.6 is 0 Å². The van der Waals surface area contributed by atoms with Crippen molar-refractivity contribution < 1.29 is 30.6 Å². The lowest BCUT2D eigenvalue weighted by Crippen LogP contribution is -1.98. The molecule has 106 valence electrons. The van der Waals surface area contributed by atoms with Crippen molar-refractivity contribution in [3.8, 4) is 34.5 Å². The van der Waals surface area contributed by atoms with E-state index in [9.17, 15) is 30.6 Å². The molecular formula is C14H14O6. The Hall–Kier alpha value is -2.76. The SMILES string of the molecule is CC(c1c(O)cc(O)cc1O)c1c(O)cc(O)cc1O. The predicted octanol–water partition coefficient (Wildman–Crippen LogP) is 2.07. The predicted molar refractivity (Wildman–Crippen MR) is 70.4 cm³/mol. The number of phenolic OH excluding ortho intramolecular Hbond substituents is 6. The Kier molecular flexibility index (Phi) is 3.23. The first-order valence-corrected chi connectivity index (χ1v) is 5.81. The van der Waals surface area contributed by atoms with Crippen molar-refractivity contribution in [1.82, 2.24) is 0 Å². The fraction of sp³-hybridized carbons (Fsp3) is 0.143. The molecule has 0 aliphatic heterocycles. The quantitative estimate of drug-likeness (QED) is 0.500. The molecule has 0 fully saturated rings. The first-order valence-electron chi connectivity index (χ1n) is 5.81. The van der Waals surface area contributed by atoms with Crippen molar-refractivity contribution in [3.05, 3.63) is 35.4 Å². The van der Waals surface area contributed by atoms with E-state index in [0.717, 1.165) is 24.3 Å². The summed E-state index contributed by atoms with van der Waals surface area (Å²) < 4.78 is 0. The van der Waals surface area contributed by atoms with Crippen molar-refractivity contribution >= 4 is 0 Å². The molecule has 2 aromatic carbocycles. The molecule has 2 rings (SSSR count). The fourth-order valence-electron chi connectivity index (χ4n) is 2.25. The maximum Gasteiger partial charge on any atom is 0.126 e. The molecule has 0 aromatic heterocycles. The van der Waals surface area contributed by atoms with E-state index in [1.54, 1.807) is 0 Å². The second-order valence-electron chi connectivity index (χ2n) is 4.52. The molecule has 0 unspecified atom stereocenters. The summed E-state index contributed by atoms with van der Waals surface area (Å²) in [5.74, 6) is -2.88. The van der Waals surface area contributed by atoms with E-state index in [4.69, 9.17) is 0 Å². The van der Waals surface area contributed by atoms with E-state index >= 15 is 0 Å². The molecule has 0 spiro atoms. The van der Waals surface area contributed by atoms with Gasteiger partial charge in [0, 0.05) is 41.3 Å².